The molecule has 33 heavy (non-hydrogen) atoms. The molecule has 2 aromatic carbocycles. The molecule has 1 heterocycles. The molecule has 0 fully saturated rings. The summed E-state index contributed by atoms with van der Waals surface area (Å²) in [6.07, 6.45) is -3.69. The molecule has 1 atom stereocenters. The van der Waals surface area contributed by atoms with E-state index in [1.165, 1.54) is 32.2 Å². The Kier molecular flexibility index (Phi) is 6.05. The fraction of sp³-hybridized carbons (Fsp3) is 0.273. The van der Waals surface area contributed by atoms with Gasteiger partial charge in [0, 0.05) is 19.0 Å². The number of hydrogen-bond acceptors (Lipinski definition) is 4. The number of amides is 2. The van der Waals surface area contributed by atoms with Crippen LogP contribution in [0.1, 0.15) is 29.7 Å². The predicted octanol–water partition coefficient (Wildman–Crippen LogP) is 4.39. The summed E-state index contributed by atoms with van der Waals surface area (Å²) in [5.74, 6) is -1.44. The Bertz CT molecular complexity index is 1290. The van der Waals surface area contributed by atoms with E-state index >= 15 is 0 Å². The first-order valence-electron chi connectivity index (χ1n) is 9.63. The lowest BCUT2D eigenvalue weighted by Gasteiger charge is -2.41. The van der Waals surface area contributed by atoms with E-state index in [0.29, 0.717) is 5.56 Å². The van der Waals surface area contributed by atoms with Gasteiger partial charge < -0.3 is 10.0 Å². The number of benzene rings is 2. The highest BCUT2D eigenvalue weighted by molar-refractivity contribution is 7.90. The molecule has 0 bridgehead atoms. The van der Waals surface area contributed by atoms with Gasteiger partial charge in [-0.15, -0.1) is 0 Å². The average molecular weight is 482 g/mol. The summed E-state index contributed by atoms with van der Waals surface area (Å²) in [6.45, 7) is 2.97. The molecule has 7 nitrogen and oxygen atoms in total. The molecule has 1 N–H and O–H groups in total. The highest BCUT2D eigenvalue weighted by Gasteiger charge is 2.42. The Morgan fingerprint density at radius 2 is 1.73 bits per heavy atom. The third-order valence-electron chi connectivity index (χ3n) is 5.40. The molecule has 176 valence electrons. The van der Waals surface area contributed by atoms with Crippen molar-refractivity contribution in [3.8, 4) is 0 Å². The number of carbonyl (C=O) groups excluding carboxylic acids is 1. The number of urea groups is 1. The van der Waals surface area contributed by atoms with Crippen LogP contribution < -0.4 is 4.90 Å². The van der Waals surface area contributed by atoms with Gasteiger partial charge in [0.25, 0.3) is 0 Å². The number of hydrogen-bond donors (Lipinski definition) is 1. The number of aryl methyl sites for hydroxylation is 1. The van der Waals surface area contributed by atoms with Crippen LogP contribution in [-0.2, 0) is 20.8 Å². The third kappa shape index (κ3) is 4.45. The largest absolute Gasteiger partial charge is 0.478 e. The first kappa shape index (κ1) is 24.3. The van der Waals surface area contributed by atoms with Gasteiger partial charge in [-0.2, -0.15) is 13.2 Å². The van der Waals surface area contributed by atoms with Crippen molar-refractivity contribution in [2.75, 3.05) is 18.2 Å². The summed E-state index contributed by atoms with van der Waals surface area (Å²) < 4.78 is 64.5. The summed E-state index contributed by atoms with van der Waals surface area (Å²) in [5.41, 5.74) is -0.909. The lowest BCUT2D eigenvalue weighted by Crippen LogP contribution is -2.49. The van der Waals surface area contributed by atoms with Crippen LogP contribution in [0.25, 0.3) is 0 Å². The average Bonchev–Trinajstić information content (AvgIpc) is 2.69. The highest BCUT2D eigenvalue weighted by atomic mass is 32.2. The van der Waals surface area contributed by atoms with Crippen LogP contribution in [0.4, 0.5) is 23.7 Å². The molecule has 3 rings (SSSR count). The molecular formula is C22H21F3N2O5S. The Balaban J connectivity index is 2.29. The molecule has 0 saturated carbocycles. The highest BCUT2D eigenvalue weighted by Crippen LogP contribution is 2.41. The first-order chi connectivity index (χ1) is 15.1. The number of allylic oxidation sites excluding steroid dienone is 1. The van der Waals surface area contributed by atoms with Gasteiger partial charge in [0.15, 0.2) is 9.84 Å². The van der Waals surface area contributed by atoms with Crippen molar-refractivity contribution in [3.05, 3.63) is 70.4 Å². The molecule has 0 radical (unpaired) electrons. The maximum absolute atomic E-state index is 13.3. The van der Waals surface area contributed by atoms with Crippen molar-refractivity contribution >= 4 is 27.5 Å². The Hall–Kier alpha value is -3.34. The molecule has 2 amide bonds. The van der Waals surface area contributed by atoms with Gasteiger partial charge in [-0.1, -0.05) is 18.2 Å². The van der Waals surface area contributed by atoms with Gasteiger partial charge in [0.2, 0.25) is 0 Å². The van der Waals surface area contributed by atoms with Crippen molar-refractivity contribution in [2.45, 2.75) is 31.0 Å². The first-order valence-corrected chi connectivity index (χ1v) is 11.5. The zero-order valence-corrected chi connectivity index (χ0v) is 19.0. The van der Waals surface area contributed by atoms with Crippen LogP contribution in [-0.4, -0.2) is 43.7 Å². The maximum Gasteiger partial charge on any atom is 0.416 e. The monoisotopic (exact) mass is 482 g/mol. The van der Waals surface area contributed by atoms with Gasteiger partial charge in [0.1, 0.15) is 0 Å². The van der Waals surface area contributed by atoms with Crippen molar-refractivity contribution in [2.24, 2.45) is 0 Å². The summed E-state index contributed by atoms with van der Waals surface area (Å²) >= 11 is 0. The number of aliphatic carboxylic acids is 1. The number of sulfone groups is 1. The number of carboxylic acid groups (broad SMARTS) is 1. The van der Waals surface area contributed by atoms with Crippen molar-refractivity contribution < 1.29 is 36.3 Å². The number of alkyl halides is 3. The maximum atomic E-state index is 13.3. The standard InChI is InChI=1S/C22H21F3N2O5S/c1-12-8-9-16(17(10-12)33(4,31)32)19-18(20(28)29)13(2)27(21(30)26(19)3)15-7-5-6-14(11-15)22(23,24)25/h5-11,19H,1-4H3,(H,28,29)/t19-/m1/s1. The van der Waals surface area contributed by atoms with Crippen LogP contribution in [0.15, 0.2) is 58.6 Å². The second-order valence-corrected chi connectivity index (χ2v) is 9.78. The Morgan fingerprint density at radius 1 is 1.09 bits per heavy atom. The Labute approximate surface area is 188 Å². The van der Waals surface area contributed by atoms with Gasteiger partial charge in [0.05, 0.1) is 27.8 Å². The number of carboxylic acids is 1. The number of rotatable bonds is 4. The minimum absolute atomic E-state index is 0.0828. The number of carbonyl (C=O) groups is 2. The number of nitrogens with zero attached hydrogens (tertiary/aromatic N) is 2. The molecule has 0 saturated heterocycles. The van der Waals surface area contributed by atoms with Gasteiger partial charge >= 0.3 is 18.2 Å². The summed E-state index contributed by atoms with van der Waals surface area (Å²) in [7, 11) is -2.52. The van der Waals surface area contributed by atoms with E-state index in [1.807, 2.05) is 0 Å². The summed E-state index contributed by atoms with van der Waals surface area (Å²) in [6, 6.07) is 6.31. The van der Waals surface area contributed by atoms with Gasteiger partial charge in [-0.25, -0.2) is 18.0 Å². The molecule has 0 aliphatic carbocycles. The van der Waals surface area contributed by atoms with E-state index in [-0.39, 0.29) is 27.4 Å². The van der Waals surface area contributed by atoms with E-state index in [9.17, 15) is 36.3 Å². The van der Waals surface area contributed by atoms with Gasteiger partial charge in [-0.3, -0.25) is 4.90 Å². The van der Waals surface area contributed by atoms with Crippen LogP contribution in [0.5, 0.6) is 0 Å². The van der Waals surface area contributed by atoms with Crippen molar-refractivity contribution in [3.63, 3.8) is 0 Å². The number of anilines is 1. The molecule has 0 spiro atoms. The van der Waals surface area contributed by atoms with E-state index in [2.05, 4.69) is 0 Å². The second-order valence-electron chi connectivity index (χ2n) is 7.80. The topological polar surface area (TPSA) is 95.0 Å². The second kappa shape index (κ2) is 8.22. The molecule has 0 aromatic heterocycles. The minimum atomic E-state index is -4.66. The molecular weight excluding hydrogens is 461 g/mol. The summed E-state index contributed by atoms with van der Waals surface area (Å²) in [5, 5.41) is 9.99. The van der Waals surface area contributed by atoms with E-state index in [0.717, 1.165) is 34.3 Å². The minimum Gasteiger partial charge on any atom is -0.478 e. The lowest BCUT2D eigenvalue weighted by molar-refractivity contribution is -0.137. The fourth-order valence-corrected chi connectivity index (χ4v) is 4.88. The van der Waals surface area contributed by atoms with Crippen molar-refractivity contribution in [1.82, 2.24) is 4.90 Å². The van der Waals surface area contributed by atoms with Crippen LogP contribution in [0.3, 0.4) is 0 Å². The van der Waals surface area contributed by atoms with Crippen LogP contribution in [0, 0.1) is 6.92 Å². The molecule has 1 aliphatic heterocycles. The lowest BCUT2D eigenvalue weighted by atomic mass is 9.92. The number of likely N-dealkylation sites (N-methyl/N-ethyl adjacent to an activating group) is 1. The smallest absolute Gasteiger partial charge is 0.416 e. The quantitative estimate of drug-likeness (QED) is 0.698. The fourth-order valence-electron chi connectivity index (χ4n) is 3.87. The third-order valence-corrected chi connectivity index (χ3v) is 6.56. The zero-order valence-electron chi connectivity index (χ0n) is 18.1. The molecule has 11 heteroatoms. The predicted molar refractivity (Wildman–Crippen MR) is 114 cm³/mol. The number of halogens is 3. The van der Waals surface area contributed by atoms with Crippen molar-refractivity contribution in [1.29, 1.82) is 0 Å². The van der Waals surface area contributed by atoms with Crippen LogP contribution in [0.2, 0.25) is 0 Å². The molecule has 1 aliphatic rings. The van der Waals surface area contributed by atoms with E-state index in [1.54, 1.807) is 13.0 Å². The van der Waals surface area contributed by atoms with E-state index in [4.69, 9.17) is 0 Å². The SMILES string of the molecule is CC1=C(C(=O)O)[C@@H](c2ccc(C)cc2S(C)(=O)=O)N(C)C(=O)N1c1cccc(C(F)(F)F)c1. The molecule has 2 aromatic rings. The normalized spacial score (nSPS) is 17.5. The van der Waals surface area contributed by atoms with Gasteiger partial charge in [-0.05, 0) is 49.2 Å². The Morgan fingerprint density at radius 3 is 2.27 bits per heavy atom. The summed E-state index contributed by atoms with van der Waals surface area (Å²) in [4.78, 5) is 27.3. The van der Waals surface area contributed by atoms with E-state index < -0.39 is 39.6 Å². The van der Waals surface area contributed by atoms with Crippen LogP contribution >= 0.6 is 0 Å². The molecule has 0 unspecified atom stereocenters. The zero-order chi connectivity index (χ0) is 24.9.